The molecule has 29 heavy (non-hydrogen) atoms. The van der Waals surface area contributed by atoms with Gasteiger partial charge in [0, 0.05) is 35.6 Å². The van der Waals surface area contributed by atoms with Gasteiger partial charge in [-0.2, -0.15) is 0 Å². The highest BCUT2D eigenvalue weighted by molar-refractivity contribution is 5.58. The summed E-state index contributed by atoms with van der Waals surface area (Å²) in [4.78, 5) is 19.0. The van der Waals surface area contributed by atoms with Gasteiger partial charge in [-0.25, -0.2) is 9.37 Å². The summed E-state index contributed by atoms with van der Waals surface area (Å²) in [5, 5.41) is 14.4. The predicted octanol–water partition coefficient (Wildman–Crippen LogP) is 2.51. The molecule has 2 aliphatic rings. The van der Waals surface area contributed by atoms with Crippen LogP contribution in [-0.4, -0.2) is 35.7 Å². The molecular weight excluding hydrogens is 379 g/mol. The van der Waals surface area contributed by atoms with E-state index in [4.69, 9.17) is 9.72 Å². The number of nitro groups is 1. The molecule has 0 saturated carbocycles. The van der Waals surface area contributed by atoms with Crippen molar-refractivity contribution in [2.45, 2.75) is 44.6 Å². The summed E-state index contributed by atoms with van der Waals surface area (Å²) >= 11 is 0. The average Bonchev–Trinajstić information content (AvgIpc) is 3.33. The van der Waals surface area contributed by atoms with Crippen LogP contribution < -0.4 is 10.1 Å². The molecule has 2 atom stereocenters. The van der Waals surface area contributed by atoms with Gasteiger partial charge in [0.15, 0.2) is 0 Å². The van der Waals surface area contributed by atoms with E-state index in [1.54, 1.807) is 16.7 Å². The maximum atomic E-state index is 13.2. The lowest BCUT2D eigenvalue weighted by atomic mass is 9.94. The Morgan fingerprint density at radius 3 is 2.83 bits per heavy atom. The number of fused-ring (bicyclic) bond motifs is 2. The Kier molecular flexibility index (Phi) is 3.91. The van der Waals surface area contributed by atoms with Gasteiger partial charge in [0.2, 0.25) is 0 Å². The number of ether oxygens (including phenoxy) is 1. The van der Waals surface area contributed by atoms with E-state index in [9.17, 15) is 14.5 Å². The molecule has 0 spiro atoms. The van der Waals surface area contributed by atoms with Crippen LogP contribution in [0, 0.1) is 15.9 Å². The molecule has 3 aromatic rings. The van der Waals surface area contributed by atoms with Crippen LogP contribution >= 0.6 is 0 Å². The van der Waals surface area contributed by atoms with E-state index in [1.165, 1.54) is 18.3 Å². The minimum Gasteiger partial charge on any atom is -0.438 e. The molecule has 150 valence electrons. The zero-order chi connectivity index (χ0) is 20.2. The Balaban J connectivity index is 1.28. The van der Waals surface area contributed by atoms with Gasteiger partial charge in [0.25, 0.3) is 0 Å². The normalized spacial score (nSPS) is 22.8. The fraction of sp³-hybridized carbons (Fsp3) is 0.368. The van der Waals surface area contributed by atoms with Crippen LogP contribution in [0.3, 0.4) is 0 Å². The van der Waals surface area contributed by atoms with E-state index in [1.807, 2.05) is 13.1 Å². The number of hydrogen-bond acceptors (Lipinski definition) is 6. The zero-order valence-corrected chi connectivity index (χ0v) is 15.7. The molecule has 2 aromatic heterocycles. The summed E-state index contributed by atoms with van der Waals surface area (Å²) < 4.78 is 22.9. The quantitative estimate of drug-likeness (QED) is 0.535. The maximum absolute atomic E-state index is 13.2. The van der Waals surface area contributed by atoms with Crippen molar-refractivity contribution in [3.05, 3.63) is 58.4 Å². The number of benzene rings is 1. The van der Waals surface area contributed by atoms with Crippen molar-refractivity contribution < 1.29 is 14.1 Å². The Morgan fingerprint density at radius 1 is 1.31 bits per heavy atom. The van der Waals surface area contributed by atoms with Crippen LogP contribution in [0.15, 0.2) is 36.7 Å². The summed E-state index contributed by atoms with van der Waals surface area (Å²) in [7, 11) is 0. The number of nitrogens with one attached hydrogen (secondary N) is 1. The molecule has 1 unspecified atom stereocenters. The fourth-order valence-corrected chi connectivity index (χ4v) is 4.09. The molecule has 2 aliphatic heterocycles. The SMILES string of the molecule is C[C@]1(CC2Cc3nc(-c4ccc(F)cc4)cn3CN2)Cn2cc([N+](=O)[O-])nc2O1. The molecule has 0 amide bonds. The first-order chi connectivity index (χ1) is 13.9. The van der Waals surface area contributed by atoms with Gasteiger partial charge in [-0.05, 0) is 36.1 Å². The number of imidazole rings is 2. The molecule has 0 aliphatic carbocycles. The molecule has 5 rings (SSSR count). The van der Waals surface area contributed by atoms with E-state index in [-0.39, 0.29) is 23.7 Å². The van der Waals surface area contributed by atoms with Crippen LogP contribution in [0.4, 0.5) is 10.2 Å². The minimum absolute atomic E-state index is 0.149. The molecule has 0 fully saturated rings. The third-order valence-electron chi connectivity index (χ3n) is 5.41. The second kappa shape index (κ2) is 6.38. The number of hydrogen-bond donors (Lipinski definition) is 1. The van der Waals surface area contributed by atoms with Crippen molar-refractivity contribution in [1.82, 2.24) is 24.4 Å². The monoisotopic (exact) mass is 398 g/mol. The van der Waals surface area contributed by atoms with E-state index in [2.05, 4.69) is 14.9 Å². The van der Waals surface area contributed by atoms with Crippen LogP contribution in [0.1, 0.15) is 19.2 Å². The smallest absolute Gasteiger partial charge is 0.414 e. The molecule has 0 radical (unpaired) electrons. The summed E-state index contributed by atoms with van der Waals surface area (Å²) in [6, 6.07) is 6.75. The summed E-state index contributed by atoms with van der Waals surface area (Å²) in [5.74, 6) is 0.491. The first-order valence-corrected chi connectivity index (χ1v) is 9.34. The third-order valence-corrected chi connectivity index (χ3v) is 5.41. The number of aromatic nitrogens is 4. The maximum Gasteiger partial charge on any atom is 0.414 e. The first-order valence-electron chi connectivity index (χ1n) is 9.34. The summed E-state index contributed by atoms with van der Waals surface area (Å²) in [6.45, 7) is 3.12. The molecule has 4 heterocycles. The highest BCUT2D eigenvalue weighted by Crippen LogP contribution is 2.34. The Hall–Kier alpha value is -3.27. The first kappa shape index (κ1) is 17.8. The van der Waals surface area contributed by atoms with Gasteiger partial charge in [-0.15, -0.1) is 0 Å². The lowest BCUT2D eigenvalue weighted by molar-refractivity contribution is -0.389. The molecule has 0 bridgehead atoms. The van der Waals surface area contributed by atoms with E-state index < -0.39 is 10.5 Å². The van der Waals surface area contributed by atoms with Crippen molar-refractivity contribution in [2.24, 2.45) is 0 Å². The Labute approximate surface area is 165 Å². The lowest BCUT2D eigenvalue weighted by Gasteiger charge is -2.31. The number of nitrogens with zero attached hydrogens (tertiary/aromatic N) is 5. The van der Waals surface area contributed by atoms with Crippen molar-refractivity contribution in [3.63, 3.8) is 0 Å². The molecule has 1 N–H and O–H groups in total. The second-order valence-corrected chi connectivity index (χ2v) is 7.81. The molecule has 9 nitrogen and oxygen atoms in total. The highest BCUT2D eigenvalue weighted by Gasteiger charge is 2.42. The molecule has 10 heteroatoms. The lowest BCUT2D eigenvalue weighted by Crippen LogP contribution is -2.46. The molecule has 0 saturated heterocycles. The predicted molar refractivity (Wildman–Crippen MR) is 101 cm³/mol. The van der Waals surface area contributed by atoms with Crippen LogP contribution in [0.2, 0.25) is 0 Å². The van der Waals surface area contributed by atoms with Gasteiger partial charge >= 0.3 is 11.8 Å². The van der Waals surface area contributed by atoms with Crippen molar-refractivity contribution in [3.8, 4) is 17.3 Å². The highest BCUT2D eigenvalue weighted by atomic mass is 19.1. The summed E-state index contributed by atoms with van der Waals surface area (Å²) in [5.41, 5.74) is 1.20. The Morgan fingerprint density at radius 2 is 2.10 bits per heavy atom. The third kappa shape index (κ3) is 3.25. The van der Waals surface area contributed by atoms with Crippen molar-refractivity contribution in [1.29, 1.82) is 0 Å². The largest absolute Gasteiger partial charge is 0.438 e. The van der Waals surface area contributed by atoms with Crippen molar-refractivity contribution >= 4 is 5.82 Å². The molecular formula is C19H19FN6O3. The van der Waals surface area contributed by atoms with E-state index in [0.717, 1.165) is 23.5 Å². The van der Waals surface area contributed by atoms with Gasteiger partial charge < -0.3 is 19.4 Å². The second-order valence-electron chi connectivity index (χ2n) is 7.81. The average molecular weight is 398 g/mol. The topological polar surface area (TPSA) is 100 Å². The van der Waals surface area contributed by atoms with Gasteiger partial charge in [-0.3, -0.25) is 9.88 Å². The Bertz CT molecular complexity index is 1070. The minimum atomic E-state index is -0.521. The molecule has 1 aromatic carbocycles. The van der Waals surface area contributed by atoms with Crippen LogP contribution in [0.5, 0.6) is 6.01 Å². The van der Waals surface area contributed by atoms with Crippen LogP contribution in [-0.2, 0) is 19.6 Å². The van der Waals surface area contributed by atoms with Crippen LogP contribution in [0.25, 0.3) is 11.3 Å². The summed E-state index contributed by atoms with van der Waals surface area (Å²) in [6.07, 6.45) is 4.82. The van der Waals surface area contributed by atoms with Gasteiger partial charge in [0.1, 0.15) is 23.4 Å². The zero-order valence-electron chi connectivity index (χ0n) is 15.7. The van der Waals surface area contributed by atoms with Gasteiger partial charge in [-0.1, -0.05) is 0 Å². The fourth-order valence-electron chi connectivity index (χ4n) is 4.09. The number of halogens is 1. The standard InChI is InChI=1S/C19H19FN6O3/c1-19(10-24-9-17(26(27)28)23-18(24)29-19)7-14-6-16-22-15(8-25(16)11-21-14)12-2-4-13(20)5-3-12/h2-5,8-9,14,21H,6-7,10-11H2,1H3/t14?,19-/m0/s1. The van der Waals surface area contributed by atoms with Gasteiger partial charge in [0.05, 0.1) is 18.9 Å². The van der Waals surface area contributed by atoms with E-state index in [0.29, 0.717) is 19.6 Å². The number of rotatable bonds is 4. The van der Waals surface area contributed by atoms with Crippen molar-refractivity contribution in [2.75, 3.05) is 0 Å². The van der Waals surface area contributed by atoms with E-state index >= 15 is 0 Å².